The number of carbonyl (C=O) groups excluding carboxylic acids is 1. The predicted octanol–water partition coefficient (Wildman–Crippen LogP) is 3.90. The van der Waals surface area contributed by atoms with E-state index < -0.39 is 5.97 Å². The van der Waals surface area contributed by atoms with Gasteiger partial charge in [0.15, 0.2) is 0 Å². The summed E-state index contributed by atoms with van der Waals surface area (Å²) >= 11 is 0. The van der Waals surface area contributed by atoms with Gasteiger partial charge in [-0.2, -0.15) is 0 Å². The number of esters is 1. The molecule has 3 rings (SSSR count). The van der Waals surface area contributed by atoms with Gasteiger partial charge in [-0.3, -0.25) is 0 Å². The number of fused-ring (bicyclic) bond motifs is 1. The highest BCUT2D eigenvalue weighted by Crippen LogP contribution is 2.32. The fraction of sp³-hybridized carbons (Fsp3) is 0.348. The summed E-state index contributed by atoms with van der Waals surface area (Å²) in [6.07, 6.45) is 1.62. The first-order chi connectivity index (χ1) is 14.1. The van der Waals surface area contributed by atoms with Crippen LogP contribution in [0.1, 0.15) is 19.4 Å². The van der Waals surface area contributed by atoms with Crippen LogP contribution in [0, 0.1) is 0 Å². The molecule has 6 heteroatoms. The standard InChI is InChI=1S/C23H27NO5/c1-4-26-22(23(25)27-5-2)14-17-10-12-18(13-11-17)28-16-19-15-24(3)20-8-6-7-9-21(20)29-19/h6-14,19H,4-5,15-16H2,1-3H3/b22-14+. The third-order valence-electron chi connectivity index (χ3n) is 4.44. The highest BCUT2D eigenvalue weighted by atomic mass is 16.6. The Morgan fingerprint density at radius 1 is 1.10 bits per heavy atom. The Morgan fingerprint density at radius 3 is 2.55 bits per heavy atom. The number of likely N-dealkylation sites (N-methyl/N-ethyl adjacent to an activating group) is 1. The summed E-state index contributed by atoms with van der Waals surface area (Å²) in [7, 11) is 2.05. The lowest BCUT2D eigenvalue weighted by Gasteiger charge is -2.33. The topological polar surface area (TPSA) is 57.2 Å². The minimum atomic E-state index is -0.464. The van der Waals surface area contributed by atoms with Crippen LogP contribution in [0.2, 0.25) is 0 Å². The zero-order valence-electron chi connectivity index (χ0n) is 17.1. The molecular weight excluding hydrogens is 370 g/mol. The fourth-order valence-electron chi connectivity index (χ4n) is 3.10. The van der Waals surface area contributed by atoms with Gasteiger partial charge in [-0.05, 0) is 49.8 Å². The molecule has 1 aliphatic rings. The summed E-state index contributed by atoms with van der Waals surface area (Å²) in [4.78, 5) is 14.1. The molecule has 0 spiro atoms. The SMILES string of the molecule is CCOC(=O)/C(=C\c1ccc(OCC2CN(C)c3ccccc3O2)cc1)OCC. The molecule has 0 fully saturated rings. The number of hydrogen-bond acceptors (Lipinski definition) is 6. The molecule has 6 nitrogen and oxygen atoms in total. The first-order valence-electron chi connectivity index (χ1n) is 9.82. The molecule has 2 aromatic carbocycles. The summed E-state index contributed by atoms with van der Waals surface area (Å²) < 4.78 is 22.3. The van der Waals surface area contributed by atoms with Gasteiger partial charge in [0.25, 0.3) is 0 Å². The quantitative estimate of drug-likeness (QED) is 0.383. The number of nitrogens with zero attached hydrogens (tertiary/aromatic N) is 1. The van der Waals surface area contributed by atoms with Gasteiger partial charge in [0.05, 0.1) is 25.4 Å². The third kappa shape index (κ3) is 5.44. The summed E-state index contributed by atoms with van der Waals surface area (Å²) in [6, 6.07) is 15.5. The van der Waals surface area contributed by atoms with Gasteiger partial charge in [0, 0.05) is 7.05 Å². The number of carbonyl (C=O) groups is 1. The smallest absolute Gasteiger partial charge is 0.373 e. The van der Waals surface area contributed by atoms with Crippen molar-refractivity contribution in [3.8, 4) is 11.5 Å². The Bertz CT molecular complexity index is 847. The number of rotatable bonds is 8. The predicted molar refractivity (Wildman–Crippen MR) is 112 cm³/mol. The van der Waals surface area contributed by atoms with Crippen LogP contribution in [0.3, 0.4) is 0 Å². The van der Waals surface area contributed by atoms with Gasteiger partial charge in [0.2, 0.25) is 5.76 Å². The van der Waals surface area contributed by atoms with Crippen LogP contribution in [0.5, 0.6) is 11.5 Å². The van der Waals surface area contributed by atoms with E-state index in [1.54, 1.807) is 13.0 Å². The molecule has 1 heterocycles. The van der Waals surface area contributed by atoms with Crippen LogP contribution >= 0.6 is 0 Å². The van der Waals surface area contributed by atoms with Crippen molar-refractivity contribution in [3.05, 3.63) is 59.9 Å². The van der Waals surface area contributed by atoms with Crippen molar-refractivity contribution in [1.29, 1.82) is 0 Å². The molecule has 0 bridgehead atoms. The minimum Gasteiger partial charge on any atom is -0.490 e. The van der Waals surface area contributed by atoms with Crippen LogP contribution in [-0.4, -0.2) is 45.5 Å². The van der Waals surface area contributed by atoms with Gasteiger partial charge in [-0.1, -0.05) is 24.3 Å². The van der Waals surface area contributed by atoms with Crippen molar-refractivity contribution >= 4 is 17.7 Å². The van der Waals surface area contributed by atoms with Crippen molar-refractivity contribution in [2.24, 2.45) is 0 Å². The van der Waals surface area contributed by atoms with Crippen molar-refractivity contribution in [3.63, 3.8) is 0 Å². The molecule has 154 valence electrons. The van der Waals surface area contributed by atoms with Gasteiger partial charge in [0.1, 0.15) is 24.2 Å². The Balaban J connectivity index is 1.59. The second-order valence-electron chi connectivity index (χ2n) is 6.63. The van der Waals surface area contributed by atoms with E-state index >= 15 is 0 Å². The van der Waals surface area contributed by atoms with Crippen LogP contribution in [0.4, 0.5) is 5.69 Å². The van der Waals surface area contributed by atoms with Crippen LogP contribution < -0.4 is 14.4 Å². The average molecular weight is 397 g/mol. The first-order valence-corrected chi connectivity index (χ1v) is 9.82. The van der Waals surface area contributed by atoms with E-state index in [9.17, 15) is 4.79 Å². The van der Waals surface area contributed by atoms with Crippen molar-refractivity contribution in [1.82, 2.24) is 0 Å². The highest BCUT2D eigenvalue weighted by Gasteiger charge is 2.23. The average Bonchev–Trinajstić information content (AvgIpc) is 2.73. The van der Waals surface area contributed by atoms with Crippen LogP contribution in [0.25, 0.3) is 6.08 Å². The molecule has 0 amide bonds. The lowest BCUT2D eigenvalue weighted by atomic mass is 10.2. The number of hydrogen-bond donors (Lipinski definition) is 0. The Kier molecular flexibility index (Phi) is 7.00. The maximum atomic E-state index is 11.9. The molecular formula is C23H27NO5. The largest absolute Gasteiger partial charge is 0.490 e. The Hall–Kier alpha value is -3.15. The van der Waals surface area contributed by atoms with Crippen molar-refractivity contribution < 1.29 is 23.7 Å². The van der Waals surface area contributed by atoms with E-state index in [2.05, 4.69) is 11.9 Å². The summed E-state index contributed by atoms with van der Waals surface area (Å²) in [5.74, 6) is 1.34. The summed E-state index contributed by atoms with van der Waals surface area (Å²) in [6.45, 7) is 5.49. The van der Waals surface area contributed by atoms with E-state index in [1.807, 2.05) is 55.5 Å². The Morgan fingerprint density at radius 2 is 1.83 bits per heavy atom. The summed E-state index contributed by atoms with van der Waals surface area (Å²) in [5, 5.41) is 0. The minimum absolute atomic E-state index is 0.0529. The molecule has 1 atom stereocenters. The zero-order valence-corrected chi connectivity index (χ0v) is 17.1. The van der Waals surface area contributed by atoms with Gasteiger partial charge in [-0.25, -0.2) is 4.79 Å². The van der Waals surface area contributed by atoms with Crippen LogP contribution in [-0.2, 0) is 14.3 Å². The molecule has 1 unspecified atom stereocenters. The zero-order chi connectivity index (χ0) is 20.6. The van der Waals surface area contributed by atoms with Gasteiger partial charge >= 0.3 is 5.97 Å². The Labute approximate surface area is 171 Å². The van der Waals surface area contributed by atoms with E-state index in [4.69, 9.17) is 18.9 Å². The highest BCUT2D eigenvalue weighted by molar-refractivity contribution is 5.91. The molecule has 29 heavy (non-hydrogen) atoms. The lowest BCUT2D eigenvalue weighted by molar-refractivity contribution is -0.142. The van der Waals surface area contributed by atoms with Crippen molar-refractivity contribution in [2.75, 3.05) is 38.3 Å². The van der Waals surface area contributed by atoms with E-state index in [0.717, 1.165) is 29.3 Å². The molecule has 1 aliphatic heterocycles. The molecule has 0 saturated heterocycles. The molecule has 0 aromatic heterocycles. The van der Waals surface area contributed by atoms with E-state index in [-0.39, 0.29) is 11.9 Å². The van der Waals surface area contributed by atoms with Crippen LogP contribution in [0.15, 0.2) is 54.3 Å². The van der Waals surface area contributed by atoms with Gasteiger partial charge in [-0.15, -0.1) is 0 Å². The monoisotopic (exact) mass is 397 g/mol. The van der Waals surface area contributed by atoms with Crippen molar-refractivity contribution in [2.45, 2.75) is 20.0 Å². The number of ether oxygens (including phenoxy) is 4. The number of benzene rings is 2. The van der Waals surface area contributed by atoms with E-state index in [1.165, 1.54) is 0 Å². The molecule has 0 N–H and O–H groups in total. The number of para-hydroxylation sites is 2. The molecule has 0 radical (unpaired) electrons. The lowest BCUT2D eigenvalue weighted by Crippen LogP contribution is -2.41. The maximum Gasteiger partial charge on any atom is 0.373 e. The molecule has 0 saturated carbocycles. The normalized spacial score (nSPS) is 15.9. The summed E-state index contributed by atoms with van der Waals surface area (Å²) in [5.41, 5.74) is 1.92. The maximum absolute atomic E-state index is 11.9. The molecule has 2 aromatic rings. The number of anilines is 1. The molecule has 0 aliphatic carbocycles. The van der Waals surface area contributed by atoms with Gasteiger partial charge < -0.3 is 23.8 Å². The fourth-order valence-corrected chi connectivity index (χ4v) is 3.10. The van der Waals surface area contributed by atoms with E-state index in [0.29, 0.717) is 19.8 Å². The third-order valence-corrected chi connectivity index (χ3v) is 4.44. The first kappa shape index (κ1) is 20.6. The second-order valence-corrected chi connectivity index (χ2v) is 6.63. The second kappa shape index (κ2) is 9.87.